The minimum absolute atomic E-state index is 0.0224. The maximum absolute atomic E-state index is 11.7. The van der Waals surface area contributed by atoms with E-state index in [2.05, 4.69) is 16.0 Å². The summed E-state index contributed by atoms with van der Waals surface area (Å²) in [4.78, 5) is 23.0. The standard InChI is InChI=1S/C13H17N3O2/c1-14-13(18)10-2-4-11(5-3-10)16-12(17)6-9-7-15-8-9/h2-5,9,15H,6-8H2,1H3,(H,14,18)(H,16,17). The van der Waals surface area contributed by atoms with Crippen LogP contribution in [0.4, 0.5) is 5.69 Å². The molecule has 1 aromatic carbocycles. The molecule has 1 aliphatic heterocycles. The highest BCUT2D eigenvalue weighted by Gasteiger charge is 2.19. The number of rotatable bonds is 4. The van der Waals surface area contributed by atoms with Crippen LogP contribution in [-0.2, 0) is 4.79 Å². The highest BCUT2D eigenvalue weighted by molar-refractivity contribution is 5.95. The van der Waals surface area contributed by atoms with Gasteiger partial charge in [0.2, 0.25) is 5.91 Å². The number of nitrogens with one attached hydrogen (secondary N) is 3. The van der Waals surface area contributed by atoms with Gasteiger partial charge in [-0.05, 0) is 43.3 Å². The van der Waals surface area contributed by atoms with Crippen LogP contribution in [0.2, 0.25) is 0 Å². The van der Waals surface area contributed by atoms with E-state index in [9.17, 15) is 9.59 Å². The van der Waals surface area contributed by atoms with E-state index in [1.165, 1.54) is 0 Å². The summed E-state index contributed by atoms with van der Waals surface area (Å²) in [6.45, 7) is 1.84. The molecule has 1 aliphatic rings. The van der Waals surface area contributed by atoms with Gasteiger partial charge in [0.05, 0.1) is 0 Å². The smallest absolute Gasteiger partial charge is 0.251 e. The summed E-state index contributed by atoms with van der Waals surface area (Å²) in [5.74, 6) is 0.345. The van der Waals surface area contributed by atoms with E-state index in [1.807, 2.05) is 0 Å². The van der Waals surface area contributed by atoms with Gasteiger partial charge in [0, 0.05) is 24.7 Å². The van der Waals surface area contributed by atoms with Gasteiger partial charge in [-0.25, -0.2) is 0 Å². The summed E-state index contributed by atoms with van der Waals surface area (Å²) in [5.41, 5.74) is 1.30. The van der Waals surface area contributed by atoms with Crippen molar-refractivity contribution in [1.29, 1.82) is 0 Å². The lowest BCUT2D eigenvalue weighted by atomic mass is 9.99. The van der Waals surface area contributed by atoms with Gasteiger partial charge in [0.1, 0.15) is 0 Å². The van der Waals surface area contributed by atoms with Crippen molar-refractivity contribution in [3.8, 4) is 0 Å². The number of carbonyl (C=O) groups excluding carboxylic acids is 2. The van der Waals surface area contributed by atoms with Crippen LogP contribution in [0.5, 0.6) is 0 Å². The van der Waals surface area contributed by atoms with Crippen LogP contribution in [-0.4, -0.2) is 32.0 Å². The minimum Gasteiger partial charge on any atom is -0.355 e. The number of carbonyl (C=O) groups is 2. The molecule has 0 aromatic heterocycles. The number of hydrogen-bond donors (Lipinski definition) is 3. The largest absolute Gasteiger partial charge is 0.355 e. The van der Waals surface area contributed by atoms with Crippen molar-refractivity contribution in [1.82, 2.24) is 10.6 Å². The van der Waals surface area contributed by atoms with Crippen LogP contribution >= 0.6 is 0 Å². The summed E-state index contributed by atoms with van der Waals surface area (Å²) in [6, 6.07) is 6.86. The molecule has 0 aliphatic carbocycles. The third-order valence-corrected chi connectivity index (χ3v) is 3.00. The molecule has 1 fully saturated rings. The topological polar surface area (TPSA) is 70.2 Å². The van der Waals surface area contributed by atoms with Crippen LogP contribution in [0.15, 0.2) is 24.3 Å². The molecule has 0 unspecified atom stereocenters. The third-order valence-electron chi connectivity index (χ3n) is 3.00. The predicted molar refractivity (Wildman–Crippen MR) is 69.4 cm³/mol. The van der Waals surface area contributed by atoms with Gasteiger partial charge in [0.15, 0.2) is 0 Å². The Morgan fingerprint density at radius 3 is 2.44 bits per heavy atom. The number of amides is 2. The first-order valence-electron chi connectivity index (χ1n) is 6.02. The second-order valence-electron chi connectivity index (χ2n) is 4.43. The van der Waals surface area contributed by atoms with Crippen molar-refractivity contribution in [3.63, 3.8) is 0 Å². The molecular formula is C13H17N3O2. The first-order chi connectivity index (χ1) is 8.69. The molecule has 0 saturated carbocycles. The summed E-state index contributed by atoms with van der Waals surface area (Å²) in [6.07, 6.45) is 0.546. The van der Waals surface area contributed by atoms with Crippen molar-refractivity contribution in [2.24, 2.45) is 5.92 Å². The van der Waals surface area contributed by atoms with Gasteiger partial charge in [-0.3, -0.25) is 9.59 Å². The Morgan fingerprint density at radius 1 is 1.28 bits per heavy atom. The molecule has 1 heterocycles. The number of anilines is 1. The van der Waals surface area contributed by atoms with Crippen molar-refractivity contribution < 1.29 is 9.59 Å². The second kappa shape index (κ2) is 5.64. The van der Waals surface area contributed by atoms with Gasteiger partial charge in [-0.15, -0.1) is 0 Å². The van der Waals surface area contributed by atoms with E-state index in [-0.39, 0.29) is 11.8 Å². The molecule has 3 N–H and O–H groups in total. The lowest BCUT2D eigenvalue weighted by Gasteiger charge is -2.26. The fourth-order valence-electron chi connectivity index (χ4n) is 1.82. The van der Waals surface area contributed by atoms with Gasteiger partial charge >= 0.3 is 0 Å². The van der Waals surface area contributed by atoms with Crippen molar-refractivity contribution in [3.05, 3.63) is 29.8 Å². The van der Waals surface area contributed by atoms with Crippen LogP contribution in [0, 0.1) is 5.92 Å². The molecule has 5 heteroatoms. The van der Waals surface area contributed by atoms with Gasteiger partial charge in [0.25, 0.3) is 5.91 Å². The maximum Gasteiger partial charge on any atom is 0.251 e. The van der Waals surface area contributed by atoms with Gasteiger partial charge in [-0.1, -0.05) is 0 Å². The molecule has 1 saturated heterocycles. The van der Waals surface area contributed by atoms with Crippen LogP contribution < -0.4 is 16.0 Å². The molecule has 18 heavy (non-hydrogen) atoms. The zero-order chi connectivity index (χ0) is 13.0. The number of benzene rings is 1. The Balaban J connectivity index is 1.89. The second-order valence-corrected chi connectivity index (χ2v) is 4.43. The molecule has 5 nitrogen and oxygen atoms in total. The lowest BCUT2D eigenvalue weighted by Crippen LogP contribution is -2.43. The van der Waals surface area contributed by atoms with E-state index in [1.54, 1.807) is 31.3 Å². The molecule has 0 radical (unpaired) electrons. The summed E-state index contributed by atoms with van der Waals surface area (Å²) < 4.78 is 0. The SMILES string of the molecule is CNC(=O)c1ccc(NC(=O)CC2CNC2)cc1. The molecule has 0 bridgehead atoms. The summed E-state index contributed by atoms with van der Waals surface area (Å²) in [5, 5.41) is 8.51. The van der Waals surface area contributed by atoms with Gasteiger partial charge in [-0.2, -0.15) is 0 Å². The van der Waals surface area contributed by atoms with Crippen LogP contribution in [0.25, 0.3) is 0 Å². The third kappa shape index (κ3) is 3.07. The molecule has 1 aromatic rings. The normalized spacial score (nSPS) is 14.7. The predicted octanol–water partition coefficient (Wildman–Crippen LogP) is 0.594. The average Bonchev–Trinajstić information content (AvgIpc) is 2.34. The Hall–Kier alpha value is -1.88. The maximum atomic E-state index is 11.7. The quantitative estimate of drug-likeness (QED) is 0.729. The van der Waals surface area contributed by atoms with E-state index in [0.29, 0.717) is 17.9 Å². The van der Waals surface area contributed by atoms with E-state index < -0.39 is 0 Å². The molecule has 96 valence electrons. The van der Waals surface area contributed by atoms with Gasteiger partial charge < -0.3 is 16.0 Å². The van der Waals surface area contributed by atoms with Crippen LogP contribution in [0.3, 0.4) is 0 Å². The fourth-order valence-corrected chi connectivity index (χ4v) is 1.82. The molecule has 2 rings (SSSR count). The Kier molecular flexibility index (Phi) is 3.94. The van der Waals surface area contributed by atoms with E-state index >= 15 is 0 Å². The van der Waals surface area contributed by atoms with E-state index in [0.717, 1.165) is 18.8 Å². The van der Waals surface area contributed by atoms with Crippen LogP contribution in [0.1, 0.15) is 16.8 Å². The Bertz CT molecular complexity index is 438. The highest BCUT2D eigenvalue weighted by Crippen LogP contribution is 2.13. The summed E-state index contributed by atoms with van der Waals surface area (Å²) in [7, 11) is 1.59. The monoisotopic (exact) mass is 247 g/mol. The van der Waals surface area contributed by atoms with Crippen molar-refractivity contribution >= 4 is 17.5 Å². The summed E-state index contributed by atoms with van der Waals surface area (Å²) >= 11 is 0. The average molecular weight is 247 g/mol. The number of hydrogen-bond acceptors (Lipinski definition) is 3. The lowest BCUT2D eigenvalue weighted by molar-refractivity contribution is -0.117. The minimum atomic E-state index is -0.131. The van der Waals surface area contributed by atoms with E-state index in [4.69, 9.17) is 0 Å². The van der Waals surface area contributed by atoms with Crippen molar-refractivity contribution in [2.45, 2.75) is 6.42 Å². The zero-order valence-corrected chi connectivity index (χ0v) is 10.3. The Labute approximate surface area is 106 Å². The highest BCUT2D eigenvalue weighted by atomic mass is 16.2. The Morgan fingerprint density at radius 2 is 1.94 bits per heavy atom. The van der Waals surface area contributed by atoms with Crippen molar-refractivity contribution in [2.75, 3.05) is 25.5 Å². The molecular weight excluding hydrogens is 230 g/mol. The first kappa shape index (κ1) is 12.6. The molecule has 0 spiro atoms. The zero-order valence-electron chi connectivity index (χ0n) is 10.3. The first-order valence-corrected chi connectivity index (χ1v) is 6.02. The fraction of sp³-hybridized carbons (Fsp3) is 0.385. The molecule has 0 atom stereocenters. The molecule has 2 amide bonds.